The van der Waals surface area contributed by atoms with E-state index in [1.807, 2.05) is 13.0 Å². The van der Waals surface area contributed by atoms with Crippen LogP contribution in [0.25, 0.3) is 0 Å². The Kier molecular flexibility index (Phi) is 3.88. The number of rotatable bonds is 2. The third-order valence-electron chi connectivity index (χ3n) is 3.72. The van der Waals surface area contributed by atoms with Crippen LogP contribution in [-0.2, 0) is 0 Å². The van der Waals surface area contributed by atoms with Gasteiger partial charge in [0.05, 0.1) is 0 Å². The topological polar surface area (TPSA) is 26.0 Å². The summed E-state index contributed by atoms with van der Waals surface area (Å²) in [6, 6.07) is 6.38. The summed E-state index contributed by atoms with van der Waals surface area (Å²) in [5.74, 6) is 0.661. The monoisotopic (exact) mass is 237 g/mol. The van der Waals surface area contributed by atoms with Crippen LogP contribution >= 0.6 is 11.6 Å². The van der Waals surface area contributed by atoms with E-state index >= 15 is 0 Å². The first-order valence-electron chi connectivity index (χ1n) is 6.20. The average Bonchev–Trinajstić information content (AvgIpc) is 2.33. The second-order valence-electron chi connectivity index (χ2n) is 4.93. The van der Waals surface area contributed by atoms with Crippen LogP contribution < -0.4 is 5.73 Å². The molecule has 0 amide bonds. The number of aryl methyl sites for hydroxylation is 1. The molecule has 0 bridgehead atoms. The van der Waals surface area contributed by atoms with Gasteiger partial charge in [-0.15, -0.1) is 0 Å². The zero-order valence-corrected chi connectivity index (χ0v) is 10.6. The fourth-order valence-corrected chi connectivity index (χ4v) is 2.76. The first-order chi connectivity index (χ1) is 7.68. The molecule has 1 atom stereocenters. The number of hydrogen-bond acceptors (Lipinski definition) is 1. The molecule has 1 saturated carbocycles. The Morgan fingerprint density at radius 2 is 1.94 bits per heavy atom. The van der Waals surface area contributed by atoms with Gasteiger partial charge in [0.1, 0.15) is 0 Å². The fourth-order valence-electron chi connectivity index (χ4n) is 2.64. The zero-order chi connectivity index (χ0) is 11.5. The first kappa shape index (κ1) is 11.9. The van der Waals surface area contributed by atoms with Gasteiger partial charge in [-0.05, 0) is 42.9 Å². The molecule has 88 valence electrons. The largest absolute Gasteiger partial charge is 0.324 e. The quantitative estimate of drug-likeness (QED) is 0.819. The molecule has 1 nitrogen and oxygen atoms in total. The van der Waals surface area contributed by atoms with Gasteiger partial charge in [-0.3, -0.25) is 0 Å². The third-order valence-corrected chi connectivity index (χ3v) is 4.15. The van der Waals surface area contributed by atoms with Crippen LogP contribution in [0.3, 0.4) is 0 Å². The van der Waals surface area contributed by atoms with Crippen molar-refractivity contribution >= 4 is 11.6 Å². The van der Waals surface area contributed by atoms with E-state index in [0.717, 1.165) is 10.6 Å². The van der Waals surface area contributed by atoms with Crippen molar-refractivity contribution in [2.75, 3.05) is 0 Å². The van der Waals surface area contributed by atoms with E-state index in [4.69, 9.17) is 17.3 Å². The molecule has 16 heavy (non-hydrogen) atoms. The van der Waals surface area contributed by atoms with E-state index in [-0.39, 0.29) is 6.04 Å². The molecule has 0 radical (unpaired) electrons. The summed E-state index contributed by atoms with van der Waals surface area (Å²) >= 11 is 6.03. The summed E-state index contributed by atoms with van der Waals surface area (Å²) in [7, 11) is 0. The number of hydrogen-bond donors (Lipinski definition) is 1. The van der Waals surface area contributed by atoms with Gasteiger partial charge in [0, 0.05) is 11.1 Å². The minimum Gasteiger partial charge on any atom is -0.324 e. The lowest BCUT2D eigenvalue weighted by atomic mass is 9.81. The van der Waals surface area contributed by atoms with Crippen LogP contribution in [-0.4, -0.2) is 0 Å². The molecule has 1 aromatic rings. The molecule has 1 fully saturated rings. The van der Waals surface area contributed by atoms with Gasteiger partial charge in [-0.1, -0.05) is 43.0 Å². The maximum absolute atomic E-state index is 6.35. The Labute approximate surface area is 103 Å². The first-order valence-corrected chi connectivity index (χ1v) is 6.58. The Bertz CT molecular complexity index is 356. The molecule has 2 rings (SSSR count). The number of benzene rings is 1. The van der Waals surface area contributed by atoms with Gasteiger partial charge in [0.2, 0.25) is 0 Å². The second-order valence-corrected chi connectivity index (χ2v) is 5.34. The minimum absolute atomic E-state index is 0.191. The van der Waals surface area contributed by atoms with Gasteiger partial charge in [0.25, 0.3) is 0 Å². The lowest BCUT2D eigenvalue weighted by molar-refractivity contribution is 0.308. The van der Waals surface area contributed by atoms with Gasteiger partial charge in [-0.2, -0.15) is 0 Å². The van der Waals surface area contributed by atoms with Crippen LogP contribution in [0.1, 0.15) is 49.3 Å². The molecule has 0 spiro atoms. The molecule has 0 aromatic heterocycles. The molecule has 0 heterocycles. The lowest BCUT2D eigenvalue weighted by Gasteiger charge is -2.28. The van der Waals surface area contributed by atoms with Crippen molar-refractivity contribution in [3.05, 3.63) is 34.3 Å². The summed E-state index contributed by atoms with van der Waals surface area (Å²) in [6.07, 6.45) is 6.62. The highest BCUT2D eigenvalue weighted by Crippen LogP contribution is 2.33. The molecule has 0 aliphatic heterocycles. The molecular formula is C14H20ClN. The normalized spacial score (nSPS) is 19.7. The zero-order valence-electron chi connectivity index (χ0n) is 9.88. The molecule has 1 aliphatic carbocycles. The van der Waals surface area contributed by atoms with Crippen molar-refractivity contribution < 1.29 is 0 Å². The van der Waals surface area contributed by atoms with E-state index < -0.39 is 0 Å². The van der Waals surface area contributed by atoms with Crippen molar-refractivity contribution in [1.29, 1.82) is 0 Å². The lowest BCUT2D eigenvalue weighted by Crippen LogP contribution is -2.23. The Morgan fingerprint density at radius 1 is 1.25 bits per heavy atom. The average molecular weight is 238 g/mol. The highest BCUT2D eigenvalue weighted by molar-refractivity contribution is 6.31. The molecular weight excluding hydrogens is 218 g/mol. The van der Waals surface area contributed by atoms with Gasteiger partial charge in [0.15, 0.2) is 0 Å². The summed E-state index contributed by atoms with van der Waals surface area (Å²) in [5, 5.41) is 0.833. The maximum atomic E-state index is 6.35. The Hall–Kier alpha value is -0.530. The van der Waals surface area contributed by atoms with Crippen LogP contribution in [0, 0.1) is 12.8 Å². The van der Waals surface area contributed by atoms with Crippen molar-refractivity contribution in [2.45, 2.75) is 45.1 Å². The molecule has 0 unspecified atom stereocenters. The van der Waals surface area contributed by atoms with Crippen LogP contribution in [0.4, 0.5) is 0 Å². The van der Waals surface area contributed by atoms with E-state index in [2.05, 4.69) is 12.1 Å². The maximum Gasteiger partial charge on any atom is 0.0435 e. The van der Waals surface area contributed by atoms with Gasteiger partial charge >= 0.3 is 0 Å². The smallest absolute Gasteiger partial charge is 0.0435 e. The summed E-state index contributed by atoms with van der Waals surface area (Å²) in [5.41, 5.74) is 8.72. The van der Waals surface area contributed by atoms with Crippen molar-refractivity contribution in [1.82, 2.24) is 0 Å². The predicted molar refractivity (Wildman–Crippen MR) is 69.7 cm³/mol. The SMILES string of the molecule is Cc1cc([C@@H](N)C2CCCCC2)ccc1Cl. The Morgan fingerprint density at radius 3 is 2.56 bits per heavy atom. The van der Waals surface area contributed by atoms with E-state index in [9.17, 15) is 0 Å². The van der Waals surface area contributed by atoms with Crippen LogP contribution in [0.2, 0.25) is 5.02 Å². The van der Waals surface area contributed by atoms with Crippen molar-refractivity contribution in [3.63, 3.8) is 0 Å². The molecule has 2 N–H and O–H groups in total. The number of halogens is 1. The van der Waals surface area contributed by atoms with Gasteiger partial charge in [-0.25, -0.2) is 0 Å². The predicted octanol–water partition coefficient (Wildman–Crippen LogP) is 4.23. The summed E-state index contributed by atoms with van der Waals surface area (Å²) in [6.45, 7) is 2.04. The molecule has 0 saturated heterocycles. The van der Waals surface area contributed by atoms with Crippen molar-refractivity contribution in [2.24, 2.45) is 11.7 Å². The van der Waals surface area contributed by atoms with Gasteiger partial charge < -0.3 is 5.73 Å². The van der Waals surface area contributed by atoms with E-state index in [0.29, 0.717) is 5.92 Å². The standard InChI is InChI=1S/C14H20ClN/c1-10-9-12(7-8-13(10)15)14(16)11-5-3-2-4-6-11/h7-9,11,14H,2-6,16H2,1H3/t14-/m0/s1. The summed E-state index contributed by atoms with van der Waals surface area (Å²) < 4.78 is 0. The molecule has 1 aromatic carbocycles. The van der Waals surface area contributed by atoms with Crippen LogP contribution in [0.5, 0.6) is 0 Å². The second kappa shape index (κ2) is 5.20. The van der Waals surface area contributed by atoms with E-state index in [1.54, 1.807) is 0 Å². The highest BCUT2D eigenvalue weighted by Gasteiger charge is 2.21. The minimum atomic E-state index is 0.191. The molecule has 2 heteroatoms. The van der Waals surface area contributed by atoms with E-state index in [1.165, 1.54) is 37.7 Å². The number of nitrogens with two attached hydrogens (primary N) is 1. The Balaban J connectivity index is 2.12. The molecule has 1 aliphatic rings. The van der Waals surface area contributed by atoms with Crippen LogP contribution in [0.15, 0.2) is 18.2 Å². The fraction of sp³-hybridized carbons (Fsp3) is 0.571. The third kappa shape index (κ3) is 2.58. The highest BCUT2D eigenvalue weighted by atomic mass is 35.5. The summed E-state index contributed by atoms with van der Waals surface area (Å²) in [4.78, 5) is 0. The van der Waals surface area contributed by atoms with Crippen molar-refractivity contribution in [3.8, 4) is 0 Å².